The van der Waals surface area contributed by atoms with Crippen LogP contribution in [0.15, 0.2) is 0 Å². The van der Waals surface area contributed by atoms with Crippen LogP contribution in [0.4, 0.5) is 4.79 Å². The molecular formula is C15H30N2O3. The Morgan fingerprint density at radius 3 is 2.60 bits per heavy atom. The molecule has 0 heterocycles. The van der Waals surface area contributed by atoms with Gasteiger partial charge in [-0.25, -0.2) is 4.79 Å². The van der Waals surface area contributed by atoms with Crippen molar-refractivity contribution in [3.63, 3.8) is 0 Å². The molecule has 3 N–H and O–H groups in total. The highest BCUT2D eigenvalue weighted by Crippen LogP contribution is 2.23. The molecule has 2 amide bonds. The van der Waals surface area contributed by atoms with Crippen molar-refractivity contribution >= 4 is 6.03 Å². The highest BCUT2D eigenvalue weighted by molar-refractivity contribution is 5.74. The number of aliphatic hydroxyl groups excluding tert-OH is 1. The molecule has 5 heteroatoms. The second-order valence-corrected chi connectivity index (χ2v) is 6.12. The topological polar surface area (TPSA) is 70.6 Å². The fourth-order valence-corrected chi connectivity index (χ4v) is 2.42. The minimum Gasteiger partial charge on any atom is -0.396 e. The lowest BCUT2D eigenvalue weighted by molar-refractivity contribution is 0.108. The predicted molar refractivity (Wildman–Crippen MR) is 79.6 cm³/mol. The van der Waals surface area contributed by atoms with E-state index in [2.05, 4.69) is 24.5 Å². The molecular weight excluding hydrogens is 256 g/mol. The first-order valence-electron chi connectivity index (χ1n) is 7.84. The Morgan fingerprint density at radius 1 is 1.30 bits per heavy atom. The van der Waals surface area contributed by atoms with Gasteiger partial charge in [-0.1, -0.05) is 13.8 Å². The molecule has 0 unspecified atom stereocenters. The molecule has 0 spiro atoms. The second kappa shape index (κ2) is 10.00. The summed E-state index contributed by atoms with van der Waals surface area (Å²) in [6.07, 6.45) is 4.79. The number of hydrogen-bond donors (Lipinski definition) is 3. The number of rotatable bonds is 8. The summed E-state index contributed by atoms with van der Waals surface area (Å²) in [6, 6.07) is 0.177. The SMILES string of the molecule is CC(C)COCCCNC(=O)NC1CCC(CO)CC1. The third-order valence-corrected chi connectivity index (χ3v) is 3.64. The molecule has 0 radical (unpaired) electrons. The maximum atomic E-state index is 11.7. The van der Waals surface area contributed by atoms with Crippen molar-refractivity contribution < 1.29 is 14.6 Å². The molecule has 118 valence electrons. The van der Waals surface area contributed by atoms with Crippen LogP contribution in [0.3, 0.4) is 0 Å². The third kappa shape index (κ3) is 7.70. The van der Waals surface area contributed by atoms with Crippen molar-refractivity contribution in [1.82, 2.24) is 10.6 Å². The van der Waals surface area contributed by atoms with Crippen molar-refractivity contribution in [2.24, 2.45) is 11.8 Å². The lowest BCUT2D eigenvalue weighted by atomic mass is 9.87. The summed E-state index contributed by atoms with van der Waals surface area (Å²) in [5, 5.41) is 14.9. The van der Waals surface area contributed by atoms with E-state index in [1.807, 2.05) is 0 Å². The molecule has 5 nitrogen and oxygen atoms in total. The molecule has 1 aliphatic rings. The van der Waals surface area contributed by atoms with Gasteiger partial charge in [-0.15, -0.1) is 0 Å². The molecule has 0 atom stereocenters. The smallest absolute Gasteiger partial charge is 0.315 e. The Kier molecular flexibility index (Phi) is 8.62. The van der Waals surface area contributed by atoms with Crippen LogP contribution in [0, 0.1) is 11.8 Å². The minimum absolute atomic E-state index is 0.0821. The Bertz CT molecular complexity index is 264. The number of ether oxygens (including phenoxy) is 1. The van der Waals surface area contributed by atoms with Gasteiger partial charge in [-0.05, 0) is 43.9 Å². The number of amides is 2. The number of carbonyl (C=O) groups excluding carboxylic acids is 1. The number of urea groups is 1. The first-order valence-corrected chi connectivity index (χ1v) is 7.84. The van der Waals surface area contributed by atoms with Gasteiger partial charge in [0.2, 0.25) is 0 Å². The first kappa shape index (κ1) is 17.2. The van der Waals surface area contributed by atoms with Crippen LogP contribution in [0.5, 0.6) is 0 Å². The summed E-state index contributed by atoms with van der Waals surface area (Å²) in [6.45, 7) is 6.64. The van der Waals surface area contributed by atoms with Crippen LogP contribution >= 0.6 is 0 Å². The standard InChI is InChI=1S/C15H30N2O3/c1-12(2)11-20-9-3-8-16-15(19)17-14-6-4-13(10-18)5-7-14/h12-14,18H,3-11H2,1-2H3,(H2,16,17,19). The van der Waals surface area contributed by atoms with Crippen LogP contribution in [-0.4, -0.2) is 43.5 Å². The van der Waals surface area contributed by atoms with Gasteiger partial charge in [0, 0.05) is 32.4 Å². The first-order chi connectivity index (χ1) is 9.61. The quantitative estimate of drug-likeness (QED) is 0.597. The summed E-state index contributed by atoms with van der Waals surface area (Å²) < 4.78 is 5.46. The van der Waals surface area contributed by atoms with Crippen molar-refractivity contribution in [3.05, 3.63) is 0 Å². The van der Waals surface area contributed by atoms with Crippen LogP contribution in [0.1, 0.15) is 46.0 Å². The number of nitrogens with one attached hydrogen (secondary N) is 2. The van der Waals surface area contributed by atoms with E-state index < -0.39 is 0 Å². The minimum atomic E-state index is -0.0821. The molecule has 1 saturated carbocycles. The summed E-state index contributed by atoms with van der Waals surface area (Å²) >= 11 is 0. The van der Waals surface area contributed by atoms with E-state index in [1.54, 1.807) is 0 Å². The normalized spacial score (nSPS) is 22.8. The van der Waals surface area contributed by atoms with E-state index in [0.717, 1.165) is 38.7 Å². The summed E-state index contributed by atoms with van der Waals surface area (Å²) in [4.78, 5) is 11.7. The molecule has 1 rings (SSSR count). The Labute approximate surface area is 122 Å². The summed E-state index contributed by atoms with van der Waals surface area (Å²) in [5.74, 6) is 0.981. The van der Waals surface area contributed by atoms with Crippen molar-refractivity contribution in [2.45, 2.75) is 52.0 Å². The third-order valence-electron chi connectivity index (χ3n) is 3.64. The van der Waals surface area contributed by atoms with E-state index in [4.69, 9.17) is 9.84 Å². The fourth-order valence-electron chi connectivity index (χ4n) is 2.42. The fraction of sp³-hybridized carbons (Fsp3) is 0.933. The van der Waals surface area contributed by atoms with E-state index >= 15 is 0 Å². The van der Waals surface area contributed by atoms with E-state index in [9.17, 15) is 4.79 Å². The second-order valence-electron chi connectivity index (χ2n) is 6.12. The molecule has 1 aliphatic carbocycles. The zero-order valence-electron chi connectivity index (χ0n) is 12.9. The van der Waals surface area contributed by atoms with Crippen molar-refractivity contribution in [1.29, 1.82) is 0 Å². The molecule has 1 fully saturated rings. The average molecular weight is 286 g/mol. The van der Waals surface area contributed by atoms with Gasteiger partial charge in [0.25, 0.3) is 0 Å². The maximum Gasteiger partial charge on any atom is 0.315 e. The van der Waals surface area contributed by atoms with Gasteiger partial charge in [-0.2, -0.15) is 0 Å². The zero-order valence-corrected chi connectivity index (χ0v) is 12.9. The van der Waals surface area contributed by atoms with Crippen LogP contribution < -0.4 is 10.6 Å². The summed E-state index contributed by atoms with van der Waals surface area (Å²) in [5.41, 5.74) is 0. The maximum absolute atomic E-state index is 11.7. The number of hydrogen-bond acceptors (Lipinski definition) is 3. The van der Waals surface area contributed by atoms with Crippen LogP contribution in [-0.2, 0) is 4.74 Å². The average Bonchev–Trinajstić information content (AvgIpc) is 2.43. The van der Waals surface area contributed by atoms with Gasteiger partial charge in [-0.3, -0.25) is 0 Å². The highest BCUT2D eigenvalue weighted by atomic mass is 16.5. The highest BCUT2D eigenvalue weighted by Gasteiger charge is 2.21. The van der Waals surface area contributed by atoms with E-state index in [-0.39, 0.29) is 18.7 Å². The molecule has 0 saturated heterocycles. The predicted octanol–water partition coefficient (Wildman–Crippen LogP) is 1.90. The molecule has 0 aromatic rings. The lowest BCUT2D eigenvalue weighted by Gasteiger charge is -2.27. The molecule has 0 aromatic heterocycles. The van der Waals surface area contributed by atoms with Crippen LogP contribution in [0.25, 0.3) is 0 Å². The largest absolute Gasteiger partial charge is 0.396 e. The summed E-state index contributed by atoms with van der Waals surface area (Å²) in [7, 11) is 0. The molecule has 0 aromatic carbocycles. The number of aliphatic hydroxyl groups is 1. The van der Waals surface area contributed by atoms with Gasteiger partial charge >= 0.3 is 6.03 Å². The van der Waals surface area contributed by atoms with Gasteiger partial charge in [0.1, 0.15) is 0 Å². The molecule has 0 bridgehead atoms. The van der Waals surface area contributed by atoms with Crippen molar-refractivity contribution in [2.75, 3.05) is 26.4 Å². The Balaban J connectivity index is 1.98. The Morgan fingerprint density at radius 2 is 2.00 bits per heavy atom. The zero-order chi connectivity index (χ0) is 14.8. The van der Waals surface area contributed by atoms with Gasteiger partial charge < -0.3 is 20.5 Å². The molecule has 0 aliphatic heterocycles. The molecule has 20 heavy (non-hydrogen) atoms. The number of carbonyl (C=O) groups is 1. The van der Waals surface area contributed by atoms with Crippen molar-refractivity contribution in [3.8, 4) is 0 Å². The van der Waals surface area contributed by atoms with E-state index in [1.165, 1.54) is 0 Å². The lowest BCUT2D eigenvalue weighted by Crippen LogP contribution is -2.44. The van der Waals surface area contributed by atoms with Gasteiger partial charge in [0.15, 0.2) is 0 Å². The Hall–Kier alpha value is -0.810. The van der Waals surface area contributed by atoms with Crippen LogP contribution in [0.2, 0.25) is 0 Å². The monoisotopic (exact) mass is 286 g/mol. The van der Waals surface area contributed by atoms with E-state index in [0.29, 0.717) is 25.0 Å². The van der Waals surface area contributed by atoms with Gasteiger partial charge in [0.05, 0.1) is 0 Å².